The van der Waals surface area contributed by atoms with Crippen LogP contribution in [0.4, 0.5) is 10.5 Å². The molecule has 1 aromatic carbocycles. The summed E-state index contributed by atoms with van der Waals surface area (Å²) >= 11 is 0. The van der Waals surface area contributed by atoms with Crippen LogP contribution >= 0.6 is 0 Å². The van der Waals surface area contributed by atoms with Crippen molar-refractivity contribution in [1.82, 2.24) is 5.48 Å². The van der Waals surface area contributed by atoms with E-state index in [0.717, 1.165) is 5.69 Å². The number of carbonyl (C=O) groups excluding carboxylic acids is 1. The second kappa shape index (κ2) is 8.49. The van der Waals surface area contributed by atoms with Crippen LogP contribution < -0.4 is 10.4 Å². The maximum Gasteiger partial charge on any atom is 0.346 e. The fourth-order valence-corrected chi connectivity index (χ4v) is 3.27. The molecule has 1 aromatic rings. The Bertz CT molecular complexity index is 509. The molecule has 0 aliphatic heterocycles. The zero-order chi connectivity index (χ0) is 18.4. The third-order valence-corrected chi connectivity index (χ3v) is 3.86. The van der Waals surface area contributed by atoms with Gasteiger partial charge in [-0.3, -0.25) is 9.74 Å². The molecule has 5 heteroatoms. The van der Waals surface area contributed by atoms with Crippen LogP contribution in [0.5, 0.6) is 0 Å². The predicted molar refractivity (Wildman–Crippen MR) is 98.0 cm³/mol. The summed E-state index contributed by atoms with van der Waals surface area (Å²) in [7, 11) is 0. The van der Waals surface area contributed by atoms with Gasteiger partial charge < -0.3 is 4.74 Å². The van der Waals surface area contributed by atoms with E-state index in [0.29, 0.717) is 13.2 Å². The van der Waals surface area contributed by atoms with Crippen molar-refractivity contribution in [3.8, 4) is 0 Å². The third kappa shape index (κ3) is 4.95. The van der Waals surface area contributed by atoms with E-state index in [4.69, 9.17) is 9.57 Å². The molecule has 0 fully saturated rings. The second-order valence-corrected chi connectivity index (χ2v) is 7.37. The molecule has 0 aromatic heterocycles. The van der Waals surface area contributed by atoms with Crippen LogP contribution in [0.25, 0.3) is 0 Å². The van der Waals surface area contributed by atoms with Crippen LogP contribution in [0.15, 0.2) is 30.3 Å². The van der Waals surface area contributed by atoms with Crippen molar-refractivity contribution >= 4 is 11.7 Å². The monoisotopic (exact) mass is 336 g/mol. The highest BCUT2D eigenvalue weighted by molar-refractivity contribution is 5.92. The third-order valence-electron chi connectivity index (χ3n) is 3.86. The average molecular weight is 336 g/mol. The predicted octanol–water partition coefficient (Wildman–Crippen LogP) is 4.38. The number of anilines is 1. The largest absolute Gasteiger partial charge is 0.376 e. The highest BCUT2D eigenvalue weighted by Gasteiger charge is 2.45. The molecular formula is C19H32N2O3. The summed E-state index contributed by atoms with van der Waals surface area (Å²) in [4.78, 5) is 19.7. The number of para-hydroxylation sites is 1. The Morgan fingerprint density at radius 2 is 1.67 bits per heavy atom. The van der Waals surface area contributed by atoms with Gasteiger partial charge in [0.2, 0.25) is 0 Å². The van der Waals surface area contributed by atoms with Crippen LogP contribution in [0.3, 0.4) is 0 Å². The first kappa shape index (κ1) is 20.5. The molecule has 0 bridgehead atoms. The summed E-state index contributed by atoms with van der Waals surface area (Å²) in [5.41, 5.74) is 2.59. The lowest BCUT2D eigenvalue weighted by Gasteiger charge is -2.48. The highest BCUT2D eigenvalue weighted by Crippen LogP contribution is 2.37. The number of carbonyl (C=O) groups is 1. The summed E-state index contributed by atoms with van der Waals surface area (Å²) in [6.45, 7) is 15.2. The maximum absolute atomic E-state index is 12.8. The van der Waals surface area contributed by atoms with E-state index in [1.807, 2.05) is 58.0 Å². The summed E-state index contributed by atoms with van der Waals surface area (Å²) in [6, 6.07) is 9.29. The second-order valence-electron chi connectivity index (χ2n) is 7.37. The van der Waals surface area contributed by atoms with Crippen LogP contribution in [0, 0.1) is 5.41 Å². The van der Waals surface area contributed by atoms with E-state index >= 15 is 0 Å². The number of amides is 2. The van der Waals surface area contributed by atoms with Gasteiger partial charge in [-0.1, -0.05) is 39.0 Å². The highest BCUT2D eigenvalue weighted by atomic mass is 16.7. The normalized spacial score (nSPS) is 13.5. The van der Waals surface area contributed by atoms with Crippen LogP contribution in [0.1, 0.15) is 48.5 Å². The minimum atomic E-state index is -0.587. The standard InChI is InChI=1S/C19H32N2O3/c1-8-23-16(18(3,4)5)19(6,7)21(17(22)20-24-9-2)15-13-11-10-12-14-15/h10-14,16H,8-9H2,1-7H3,(H,20,22). The summed E-state index contributed by atoms with van der Waals surface area (Å²) in [5.74, 6) is 0. The molecule has 0 saturated heterocycles. The van der Waals surface area contributed by atoms with Crippen molar-refractivity contribution in [2.24, 2.45) is 5.41 Å². The van der Waals surface area contributed by atoms with E-state index in [-0.39, 0.29) is 17.6 Å². The van der Waals surface area contributed by atoms with Gasteiger partial charge in [0, 0.05) is 12.3 Å². The fourth-order valence-electron chi connectivity index (χ4n) is 3.27. The van der Waals surface area contributed by atoms with Crippen molar-refractivity contribution in [2.75, 3.05) is 18.1 Å². The first-order valence-electron chi connectivity index (χ1n) is 8.54. The maximum atomic E-state index is 12.8. The molecule has 1 atom stereocenters. The van der Waals surface area contributed by atoms with Gasteiger partial charge in [0.1, 0.15) is 0 Å². The number of ether oxygens (including phenoxy) is 1. The Labute approximate surface area is 146 Å². The van der Waals surface area contributed by atoms with Gasteiger partial charge >= 0.3 is 6.03 Å². The van der Waals surface area contributed by atoms with Crippen LogP contribution in [-0.4, -0.2) is 30.9 Å². The smallest absolute Gasteiger partial charge is 0.346 e. The Hall–Kier alpha value is -1.59. The molecule has 136 valence electrons. The van der Waals surface area contributed by atoms with Crippen molar-refractivity contribution < 1.29 is 14.4 Å². The Balaban J connectivity index is 3.31. The Kier molecular flexibility index (Phi) is 7.24. The molecule has 1 N–H and O–H groups in total. The molecule has 2 amide bonds. The summed E-state index contributed by atoms with van der Waals surface area (Å²) < 4.78 is 6.07. The van der Waals surface area contributed by atoms with Crippen molar-refractivity contribution in [3.05, 3.63) is 30.3 Å². The molecule has 0 radical (unpaired) electrons. The van der Waals surface area contributed by atoms with Gasteiger partial charge in [-0.05, 0) is 45.2 Å². The first-order valence-corrected chi connectivity index (χ1v) is 8.54. The lowest BCUT2D eigenvalue weighted by molar-refractivity contribution is -0.0525. The van der Waals surface area contributed by atoms with Crippen molar-refractivity contribution in [3.63, 3.8) is 0 Å². The molecular weight excluding hydrogens is 304 g/mol. The van der Waals surface area contributed by atoms with Gasteiger partial charge in [-0.15, -0.1) is 0 Å². The van der Waals surface area contributed by atoms with E-state index in [9.17, 15) is 4.79 Å². The number of nitrogens with zero attached hydrogens (tertiary/aromatic N) is 1. The number of hydroxylamine groups is 1. The number of benzene rings is 1. The SMILES string of the molecule is CCONC(=O)N(c1ccccc1)C(C)(C)C(OCC)C(C)(C)C. The van der Waals surface area contributed by atoms with Crippen molar-refractivity contribution in [1.29, 1.82) is 0 Å². The fraction of sp³-hybridized carbons (Fsp3) is 0.632. The summed E-state index contributed by atoms with van der Waals surface area (Å²) in [6.07, 6.45) is -0.164. The molecule has 24 heavy (non-hydrogen) atoms. The molecule has 0 heterocycles. The number of hydrogen-bond acceptors (Lipinski definition) is 3. The van der Waals surface area contributed by atoms with E-state index in [1.165, 1.54) is 0 Å². The first-order chi connectivity index (χ1) is 11.2. The molecule has 5 nitrogen and oxygen atoms in total. The van der Waals surface area contributed by atoms with Gasteiger partial charge in [-0.25, -0.2) is 10.3 Å². The molecule has 1 rings (SSSR count). The number of hydrogen-bond donors (Lipinski definition) is 1. The van der Waals surface area contributed by atoms with E-state index < -0.39 is 5.54 Å². The lowest BCUT2D eigenvalue weighted by Crippen LogP contribution is -2.62. The molecule has 0 aliphatic carbocycles. The lowest BCUT2D eigenvalue weighted by atomic mass is 9.77. The van der Waals surface area contributed by atoms with Gasteiger partial charge in [-0.2, -0.15) is 0 Å². The van der Waals surface area contributed by atoms with Gasteiger partial charge in [0.25, 0.3) is 0 Å². The van der Waals surface area contributed by atoms with Crippen LogP contribution in [0.2, 0.25) is 0 Å². The Morgan fingerprint density at radius 3 is 2.12 bits per heavy atom. The Morgan fingerprint density at radius 1 is 1.08 bits per heavy atom. The average Bonchev–Trinajstić information content (AvgIpc) is 2.50. The molecule has 0 aliphatic rings. The zero-order valence-electron chi connectivity index (χ0n) is 16.1. The zero-order valence-corrected chi connectivity index (χ0v) is 16.1. The quantitative estimate of drug-likeness (QED) is 0.752. The van der Waals surface area contributed by atoms with Gasteiger partial charge in [0.05, 0.1) is 18.2 Å². The van der Waals surface area contributed by atoms with Gasteiger partial charge in [0.15, 0.2) is 0 Å². The number of nitrogens with one attached hydrogen (secondary N) is 1. The number of urea groups is 1. The van der Waals surface area contributed by atoms with E-state index in [2.05, 4.69) is 26.3 Å². The molecule has 0 saturated carbocycles. The van der Waals surface area contributed by atoms with Crippen LogP contribution in [-0.2, 0) is 9.57 Å². The minimum Gasteiger partial charge on any atom is -0.376 e. The van der Waals surface area contributed by atoms with Crippen molar-refractivity contribution in [2.45, 2.75) is 60.1 Å². The molecule has 0 spiro atoms. The van der Waals surface area contributed by atoms with E-state index in [1.54, 1.807) is 4.90 Å². The molecule has 1 unspecified atom stereocenters. The topological polar surface area (TPSA) is 50.8 Å². The number of rotatable bonds is 7. The summed E-state index contributed by atoms with van der Waals surface area (Å²) in [5, 5.41) is 0. The minimum absolute atomic E-state index is 0.140.